The van der Waals surface area contributed by atoms with Crippen LogP contribution in [0, 0.1) is 11.7 Å². The number of hydrogen-bond donors (Lipinski definition) is 2. The van der Waals surface area contributed by atoms with E-state index >= 15 is 0 Å². The van der Waals surface area contributed by atoms with E-state index in [9.17, 15) is 28.7 Å². The Morgan fingerprint density at radius 1 is 0.947 bits per heavy atom. The van der Waals surface area contributed by atoms with Gasteiger partial charge in [0.1, 0.15) is 12.4 Å². The van der Waals surface area contributed by atoms with Gasteiger partial charge in [0.05, 0.1) is 6.42 Å². The molecule has 38 heavy (non-hydrogen) atoms. The average Bonchev–Trinajstić information content (AvgIpc) is 3.38. The number of carbonyl (C=O) groups excluding carboxylic acids is 3. The van der Waals surface area contributed by atoms with Crippen LogP contribution < -0.4 is 5.32 Å². The highest BCUT2D eigenvalue weighted by atomic mass is 19.1. The molecule has 1 saturated heterocycles. The summed E-state index contributed by atoms with van der Waals surface area (Å²) >= 11 is 0. The van der Waals surface area contributed by atoms with E-state index in [-0.39, 0.29) is 37.6 Å². The number of carbonyl (C=O) groups is 4. The van der Waals surface area contributed by atoms with E-state index in [1.54, 1.807) is 12.1 Å². The normalized spacial score (nSPS) is 18.6. The second-order valence-corrected chi connectivity index (χ2v) is 9.72. The summed E-state index contributed by atoms with van der Waals surface area (Å²) in [6.45, 7) is 0.0908. The van der Waals surface area contributed by atoms with Crippen molar-refractivity contribution in [3.8, 4) is 0 Å². The van der Waals surface area contributed by atoms with Crippen molar-refractivity contribution in [1.82, 2.24) is 15.1 Å². The number of hydrogen-bond acceptors (Lipinski definition) is 5. The second-order valence-electron chi connectivity index (χ2n) is 9.72. The Kier molecular flexibility index (Phi) is 8.93. The summed E-state index contributed by atoms with van der Waals surface area (Å²) in [5.41, 5.74) is 0.928. The number of nitrogens with zero attached hydrogens (tertiary/aromatic N) is 2. The van der Waals surface area contributed by atoms with Gasteiger partial charge in [0.25, 0.3) is 11.8 Å². The predicted molar refractivity (Wildman–Crippen MR) is 135 cm³/mol. The minimum Gasteiger partial charge on any atom is -0.481 e. The molecule has 2 fully saturated rings. The van der Waals surface area contributed by atoms with Crippen molar-refractivity contribution < 1.29 is 33.4 Å². The van der Waals surface area contributed by atoms with Gasteiger partial charge in [0, 0.05) is 24.7 Å². The number of amides is 3. The lowest BCUT2D eigenvalue weighted by Gasteiger charge is -2.34. The third-order valence-electron chi connectivity index (χ3n) is 7.14. The molecular formula is C28H32FN3O6. The largest absolute Gasteiger partial charge is 0.481 e. The molecule has 202 valence electrons. The summed E-state index contributed by atoms with van der Waals surface area (Å²) < 4.78 is 18.9. The lowest BCUT2D eigenvalue weighted by atomic mass is 9.82. The highest BCUT2D eigenvalue weighted by Gasteiger charge is 2.45. The van der Waals surface area contributed by atoms with E-state index in [0.717, 1.165) is 49.8 Å². The molecule has 4 rings (SSSR count). The first-order valence-electron chi connectivity index (χ1n) is 12.9. The Hall–Kier alpha value is -3.95. The van der Waals surface area contributed by atoms with Gasteiger partial charge in [0.15, 0.2) is 6.17 Å². The molecule has 2 aliphatic rings. The topological polar surface area (TPSA) is 116 Å². The fourth-order valence-corrected chi connectivity index (χ4v) is 5.19. The highest BCUT2D eigenvalue weighted by molar-refractivity contribution is 5.99. The van der Waals surface area contributed by atoms with Crippen LogP contribution in [0.25, 0.3) is 0 Å². The van der Waals surface area contributed by atoms with Gasteiger partial charge in [-0.25, -0.2) is 9.18 Å². The minimum absolute atomic E-state index is 0.00932. The number of aliphatic carboxylic acids is 1. The van der Waals surface area contributed by atoms with Crippen LogP contribution in [-0.2, 0) is 20.9 Å². The molecule has 9 nitrogen and oxygen atoms in total. The molecule has 0 radical (unpaired) electrons. The van der Waals surface area contributed by atoms with Gasteiger partial charge in [-0.3, -0.25) is 19.3 Å². The maximum atomic E-state index is 13.7. The Morgan fingerprint density at radius 2 is 1.61 bits per heavy atom. The van der Waals surface area contributed by atoms with Gasteiger partial charge in [0.2, 0.25) is 0 Å². The van der Waals surface area contributed by atoms with Crippen molar-refractivity contribution in [3.05, 3.63) is 71.5 Å². The van der Waals surface area contributed by atoms with E-state index in [1.807, 2.05) is 18.2 Å². The van der Waals surface area contributed by atoms with Crippen LogP contribution >= 0.6 is 0 Å². The first-order valence-corrected chi connectivity index (χ1v) is 12.9. The van der Waals surface area contributed by atoms with Crippen molar-refractivity contribution >= 4 is 23.9 Å². The number of rotatable bonds is 8. The second kappa shape index (κ2) is 12.5. The Labute approximate surface area is 220 Å². The molecule has 0 aromatic heterocycles. The maximum absolute atomic E-state index is 13.7. The molecule has 0 bridgehead atoms. The van der Waals surface area contributed by atoms with Crippen molar-refractivity contribution in [2.24, 2.45) is 5.92 Å². The van der Waals surface area contributed by atoms with Crippen LogP contribution in [0.1, 0.15) is 54.4 Å². The smallest absolute Gasteiger partial charge is 0.412 e. The van der Waals surface area contributed by atoms with Crippen LogP contribution in [0.3, 0.4) is 0 Å². The summed E-state index contributed by atoms with van der Waals surface area (Å²) in [6, 6.07) is 13.4. The minimum atomic E-state index is -1.34. The molecule has 0 spiro atoms. The number of halogens is 1. The molecule has 1 saturated carbocycles. The SMILES string of the molecule is O=C(O)CC(NC(=O)C1N(C(=O)OCc2ccccc2)CCN1C(=O)c1ccc(F)cc1)C1CCCCC1. The molecular weight excluding hydrogens is 493 g/mol. The quantitative estimate of drug-likeness (QED) is 0.542. The Bertz CT molecular complexity index is 1140. The van der Waals surface area contributed by atoms with Crippen molar-refractivity contribution in [3.63, 3.8) is 0 Å². The van der Waals surface area contributed by atoms with E-state index in [0.29, 0.717) is 0 Å². The number of carboxylic acids is 1. The van der Waals surface area contributed by atoms with E-state index in [2.05, 4.69) is 5.32 Å². The lowest BCUT2D eigenvalue weighted by Crippen LogP contribution is -2.57. The van der Waals surface area contributed by atoms with Gasteiger partial charge in [-0.15, -0.1) is 0 Å². The van der Waals surface area contributed by atoms with Crippen LogP contribution in [-0.4, -0.2) is 64.1 Å². The molecule has 2 unspecified atom stereocenters. The van der Waals surface area contributed by atoms with E-state index < -0.39 is 41.9 Å². The summed E-state index contributed by atoms with van der Waals surface area (Å²) in [5, 5.41) is 12.3. The molecule has 2 atom stereocenters. The van der Waals surface area contributed by atoms with E-state index in [1.165, 1.54) is 21.9 Å². The van der Waals surface area contributed by atoms with E-state index in [4.69, 9.17) is 4.74 Å². The first kappa shape index (κ1) is 27.1. The molecule has 2 N–H and O–H groups in total. The fraction of sp³-hybridized carbons (Fsp3) is 0.429. The monoisotopic (exact) mass is 525 g/mol. The molecule has 2 aromatic carbocycles. The molecule has 1 heterocycles. The third kappa shape index (κ3) is 6.67. The van der Waals surface area contributed by atoms with Gasteiger partial charge in [-0.05, 0) is 48.6 Å². The lowest BCUT2D eigenvalue weighted by molar-refractivity contribution is -0.138. The highest BCUT2D eigenvalue weighted by Crippen LogP contribution is 2.29. The maximum Gasteiger partial charge on any atom is 0.412 e. The third-order valence-corrected chi connectivity index (χ3v) is 7.14. The summed E-state index contributed by atoms with van der Waals surface area (Å²) in [6.07, 6.45) is 2.20. The van der Waals surface area contributed by atoms with Crippen LogP contribution in [0.2, 0.25) is 0 Å². The van der Waals surface area contributed by atoms with Gasteiger partial charge in [-0.2, -0.15) is 0 Å². The number of nitrogens with one attached hydrogen (secondary N) is 1. The zero-order valence-electron chi connectivity index (χ0n) is 21.1. The Balaban J connectivity index is 1.56. The first-order chi connectivity index (χ1) is 18.3. The Morgan fingerprint density at radius 3 is 2.26 bits per heavy atom. The number of benzene rings is 2. The van der Waals surface area contributed by atoms with Crippen molar-refractivity contribution in [1.29, 1.82) is 0 Å². The van der Waals surface area contributed by atoms with Crippen molar-refractivity contribution in [2.75, 3.05) is 13.1 Å². The zero-order chi connectivity index (χ0) is 27.1. The number of ether oxygens (including phenoxy) is 1. The summed E-state index contributed by atoms with van der Waals surface area (Å²) in [7, 11) is 0. The fourth-order valence-electron chi connectivity index (χ4n) is 5.19. The van der Waals surface area contributed by atoms with Crippen LogP contribution in [0.15, 0.2) is 54.6 Å². The molecule has 2 aromatic rings. The summed E-state index contributed by atoms with van der Waals surface area (Å²) in [4.78, 5) is 54.1. The molecule has 10 heteroatoms. The summed E-state index contributed by atoms with van der Waals surface area (Å²) in [5.74, 6) is -2.75. The zero-order valence-corrected chi connectivity index (χ0v) is 21.1. The van der Waals surface area contributed by atoms with Gasteiger partial charge >= 0.3 is 12.1 Å². The van der Waals surface area contributed by atoms with Crippen LogP contribution in [0.4, 0.5) is 9.18 Å². The standard InChI is InChI=1S/C28H32FN3O6/c29-22-13-11-21(12-14-22)27(36)31-15-16-32(28(37)38-18-19-7-3-1-4-8-19)26(31)25(35)30-23(17-24(33)34)20-9-5-2-6-10-20/h1,3-4,7-8,11-14,20,23,26H,2,5-6,9-10,15-18H2,(H,30,35)(H,33,34). The average molecular weight is 526 g/mol. The van der Waals surface area contributed by atoms with Crippen molar-refractivity contribution in [2.45, 2.75) is 57.3 Å². The molecule has 1 aliphatic heterocycles. The van der Waals surface area contributed by atoms with Crippen LogP contribution in [0.5, 0.6) is 0 Å². The van der Waals surface area contributed by atoms with Gasteiger partial charge < -0.3 is 20.1 Å². The number of carboxylic acid groups (broad SMARTS) is 1. The molecule has 1 aliphatic carbocycles. The predicted octanol–water partition coefficient (Wildman–Crippen LogP) is 3.79. The van der Waals surface area contributed by atoms with Gasteiger partial charge in [-0.1, -0.05) is 49.6 Å². The molecule has 3 amide bonds.